The molecule has 6 nitrogen and oxygen atoms in total. The molecular weight excluding hydrogens is 372 g/mol. The molecule has 150 valence electrons. The monoisotopic (exact) mass is 400 g/mol. The highest BCUT2D eigenvalue weighted by Gasteiger charge is 2.27. The van der Waals surface area contributed by atoms with Gasteiger partial charge >= 0.3 is 6.03 Å². The van der Waals surface area contributed by atoms with E-state index < -0.39 is 0 Å². The summed E-state index contributed by atoms with van der Waals surface area (Å²) in [6.07, 6.45) is 1.40. The van der Waals surface area contributed by atoms with Gasteiger partial charge in [0, 0.05) is 36.5 Å². The zero-order chi connectivity index (χ0) is 19.9. The third-order valence-corrected chi connectivity index (χ3v) is 5.77. The Morgan fingerprint density at radius 1 is 1.18 bits per heavy atom. The maximum atomic E-state index is 12.5. The lowest BCUT2D eigenvalue weighted by molar-refractivity contribution is -0.126. The molecule has 1 aliphatic rings. The maximum Gasteiger partial charge on any atom is 0.317 e. The van der Waals surface area contributed by atoms with Gasteiger partial charge in [-0.3, -0.25) is 4.79 Å². The van der Waals surface area contributed by atoms with Crippen LogP contribution in [0.25, 0.3) is 10.6 Å². The van der Waals surface area contributed by atoms with Crippen molar-refractivity contribution >= 4 is 23.3 Å². The number of thiazole rings is 1. The van der Waals surface area contributed by atoms with Crippen molar-refractivity contribution in [2.75, 3.05) is 19.6 Å². The molecule has 0 spiro atoms. The predicted octanol–water partition coefficient (Wildman–Crippen LogP) is 3.50. The van der Waals surface area contributed by atoms with Crippen LogP contribution in [0.1, 0.15) is 32.4 Å². The van der Waals surface area contributed by atoms with Crippen LogP contribution in [-0.2, 0) is 11.3 Å². The number of hydrogen-bond acceptors (Lipinski definition) is 4. The molecule has 3 rings (SSSR count). The molecular formula is C21H28N4O2S. The fraction of sp³-hybridized carbons (Fsp3) is 0.476. The maximum absolute atomic E-state index is 12.5. The number of carbonyl (C=O) groups is 2. The molecule has 2 heterocycles. The van der Waals surface area contributed by atoms with E-state index in [-0.39, 0.29) is 17.9 Å². The van der Waals surface area contributed by atoms with Crippen molar-refractivity contribution in [3.05, 3.63) is 41.4 Å². The van der Waals surface area contributed by atoms with E-state index in [0.717, 1.165) is 16.3 Å². The van der Waals surface area contributed by atoms with Crippen molar-refractivity contribution in [2.24, 2.45) is 11.8 Å². The Hall–Kier alpha value is -2.41. The van der Waals surface area contributed by atoms with Crippen LogP contribution in [0, 0.1) is 11.8 Å². The number of benzene rings is 1. The Morgan fingerprint density at radius 3 is 2.57 bits per heavy atom. The first kappa shape index (κ1) is 20.3. The van der Waals surface area contributed by atoms with E-state index in [0.29, 0.717) is 44.9 Å². The predicted molar refractivity (Wildman–Crippen MR) is 112 cm³/mol. The molecule has 3 amide bonds. The number of rotatable bonds is 6. The zero-order valence-electron chi connectivity index (χ0n) is 16.5. The van der Waals surface area contributed by atoms with E-state index in [2.05, 4.69) is 29.5 Å². The molecule has 1 aromatic carbocycles. The number of hydrogen-bond donors (Lipinski definition) is 2. The van der Waals surface area contributed by atoms with Crippen LogP contribution in [-0.4, -0.2) is 41.5 Å². The molecule has 7 heteroatoms. The number of carbonyl (C=O) groups excluding carboxylic acids is 2. The third kappa shape index (κ3) is 5.55. The van der Waals surface area contributed by atoms with Gasteiger partial charge in [0.2, 0.25) is 5.91 Å². The van der Waals surface area contributed by atoms with Gasteiger partial charge in [0.25, 0.3) is 0 Å². The second-order valence-electron chi connectivity index (χ2n) is 7.57. The van der Waals surface area contributed by atoms with E-state index in [4.69, 9.17) is 0 Å². The Labute approximate surface area is 170 Å². The van der Waals surface area contributed by atoms with Gasteiger partial charge in [0.15, 0.2) is 0 Å². The average Bonchev–Trinajstić information content (AvgIpc) is 3.20. The second-order valence-corrected chi connectivity index (χ2v) is 8.43. The molecule has 28 heavy (non-hydrogen) atoms. The van der Waals surface area contributed by atoms with Gasteiger partial charge in [-0.2, -0.15) is 0 Å². The quantitative estimate of drug-likeness (QED) is 0.779. The molecule has 0 aliphatic carbocycles. The van der Waals surface area contributed by atoms with Crippen LogP contribution in [0.15, 0.2) is 35.7 Å². The van der Waals surface area contributed by atoms with E-state index in [9.17, 15) is 9.59 Å². The summed E-state index contributed by atoms with van der Waals surface area (Å²) >= 11 is 1.59. The molecule has 2 aromatic rings. The van der Waals surface area contributed by atoms with Gasteiger partial charge in [-0.05, 0) is 18.8 Å². The highest BCUT2D eigenvalue weighted by molar-refractivity contribution is 7.13. The smallest absolute Gasteiger partial charge is 0.317 e. The summed E-state index contributed by atoms with van der Waals surface area (Å²) in [5.41, 5.74) is 1.97. The van der Waals surface area contributed by atoms with Crippen LogP contribution in [0.5, 0.6) is 0 Å². The number of nitrogens with zero attached hydrogens (tertiary/aromatic N) is 2. The van der Waals surface area contributed by atoms with Gasteiger partial charge in [-0.1, -0.05) is 44.2 Å². The summed E-state index contributed by atoms with van der Waals surface area (Å²) in [7, 11) is 0. The highest BCUT2D eigenvalue weighted by Crippen LogP contribution is 2.23. The summed E-state index contributed by atoms with van der Waals surface area (Å²) in [4.78, 5) is 31.0. The van der Waals surface area contributed by atoms with Crippen molar-refractivity contribution in [1.82, 2.24) is 20.5 Å². The first-order valence-electron chi connectivity index (χ1n) is 9.83. The molecule has 1 fully saturated rings. The van der Waals surface area contributed by atoms with E-state index >= 15 is 0 Å². The van der Waals surface area contributed by atoms with Crippen molar-refractivity contribution in [1.29, 1.82) is 0 Å². The van der Waals surface area contributed by atoms with Crippen LogP contribution in [0.4, 0.5) is 4.79 Å². The van der Waals surface area contributed by atoms with E-state index in [1.165, 1.54) is 0 Å². The number of urea groups is 1. The fourth-order valence-corrected chi connectivity index (χ4v) is 4.00. The molecule has 1 saturated heterocycles. The van der Waals surface area contributed by atoms with E-state index in [1.54, 1.807) is 16.2 Å². The van der Waals surface area contributed by atoms with Gasteiger partial charge < -0.3 is 15.5 Å². The van der Waals surface area contributed by atoms with Gasteiger partial charge in [-0.15, -0.1) is 11.3 Å². The number of amides is 3. The summed E-state index contributed by atoms with van der Waals surface area (Å²) in [6.45, 7) is 6.51. The molecule has 0 atom stereocenters. The number of piperidine rings is 1. The molecule has 0 bridgehead atoms. The lowest BCUT2D eigenvalue weighted by atomic mass is 9.96. The molecule has 1 aromatic heterocycles. The normalized spacial score (nSPS) is 14.9. The van der Waals surface area contributed by atoms with Gasteiger partial charge in [-0.25, -0.2) is 9.78 Å². The molecule has 0 radical (unpaired) electrons. The first-order chi connectivity index (χ1) is 13.5. The summed E-state index contributed by atoms with van der Waals surface area (Å²) in [5.74, 6) is 0.443. The number of likely N-dealkylation sites (tertiary alicyclic amines) is 1. The Balaban J connectivity index is 1.43. The van der Waals surface area contributed by atoms with Crippen LogP contribution in [0.2, 0.25) is 0 Å². The standard InChI is InChI=1S/C21H28N4O2S/c1-15(2)12-23-21(27)25-10-8-16(9-11-25)19(26)22-13-18-14-28-20(24-18)17-6-4-3-5-7-17/h3-7,14-16H,8-13H2,1-2H3,(H,22,26)(H,23,27). The van der Waals surface area contributed by atoms with Crippen molar-refractivity contribution in [2.45, 2.75) is 33.2 Å². The second kappa shape index (κ2) is 9.68. The van der Waals surface area contributed by atoms with E-state index in [1.807, 2.05) is 35.7 Å². The zero-order valence-corrected chi connectivity index (χ0v) is 17.3. The molecule has 0 saturated carbocycles. The number of aromatic nitrogens is 1. The van der Waals surface area contributed by atoms with Crippen LogP contribution in [0.3, 0.4) is 0 Å². The molecule has 2 N–H and O–H groups in total. The summed E-state index contributed by atoms with van der Waals surface area (Å²) in [6, 6.07) is 10.0. The summed E-state index contributed by atoms with van der Waals surface area (Å²) < 4.78 is 0. The minimum Gasteiger partial charge on any atom is -0.350 e. The third-order valence-electron chi connectivity index (χ3n) is 4.83. The topological polar surface area (TPSA) is 74.3 Å². The minimum atomic E-state index is -0.0404. The fourth-order valence-electron chi connectivity index (χ4n) is 3.17. The largest absolute Gasteiger partial charge is 0.350 e. The Bertz CT molecular complexity index is 783. The lowest BCUT2D eigenvalue weighted by Gasteiger charge is -2.31. The SMILES string of the molecule is CC(C)CNC(=O)N1CCC(C(=O)NCc2csc(-c3ccccc3)n2)CC1. The lowest BCUT2D eigenvalue weighted by Crippen LogP contribution is -2.47. The Kier molecular flexibility index (Phi) is 7.03. The number of nitrogens with one attached hydrogen (secondary N) is 2. The summed E-state index contributed by atoms with van der Waals surface area (Å²) in [5, 5.41) is 8.90. The average molecular weight is 401 g/mol. The van der Waals surface area contributed by atoms with Crippen molar-refractivity contribution in [3.63, 3.8) is 0 Å². The first-order valence-corrected chi connectivity index (χ1v) is 10.7. The van der Waals surface area contributed by atoms with Crippen molar-refractivity contribution < 1.29 is 9.59 Å². The molecule has 1 aliphatic heterocycles. The molecule has 0 unspecified atom stereocenters. The van der Waals surface area contributed by atoms with Crippen LogP contribution >= 0.6 is 11.3 Å². The van der Waals surface area contributed by atoms with Gasteiger partial charge in [0.1, 0.15) is 5.01 Å². The van der Waals surface area contributed by atoms with Crippen LogP contribution < -0.4 is 10.6 Å². The van der Waals surface area contributed by atoms with Crippen molar-refractivity contribution in [3.8, 4) is 10.6 Å². The Morgan fingerprint density at radius 2 is 1.89 bits per heavy atom. The highest BCUT2D eigenvalue weighted by atomic mass is 32.1. The minimum absolute atomic E-state index is 0.0246. The van der Waals surface area contributed by atoms with Gasteiger partial charge in [0.05, 0.1) is 12.2 Å².